The molecular formula is C20H23ClN4O4. The largest absolute Gasteiger partial charge is 0.452 e. The molecule has 3 rings (SSSR count). The predicted molar refractivity (Wildman–Crippen MR) is 106 cm³/mol. The van der Waals surface area contributed by atoms with Crippen LogP contribution in [0.25, 0.3) is 0 Å². The van der Waals surface area contributed by atoms with Crippen LogP contribution >= 0.6 is 11.6 Å². The van der Waals surface area contributed by atoms with Crippen molar-refractivity contribution in [2.75, 3.05) is 19.7 Å². The zero-order valence-electron chi connectivity index (χ0n) is 16.1. The Kier molecular flexibility index (Phi) is 6.53. The minimum absolute atomic E-state index is 0.155. The van der Waals surface area contributed by atoms with Crippen molar-refractivity contribution in [3.8, 4) is 0 Å². The summed E-state index contributed by atoms with van der Waals surface area (Å²) in [5.41, 5.74) is 6.88. The van der Waals surface area contributed by atoms with E-state index in [9.17, 15) is 14.4 Å². The summed E-state index contributed by atoms with van der Waals surface area (Å²) in [5, 5.41) is 4.49. The molecule has 8 nitrogen and oxygen atoms in total. The summed E-state index contributed by atoms with van der Waals surface area (Å²) in [4.78, 5) is 37.6. The van der Waals surface area contributed by atoms with E-state index in [-0.39, 0.29) is 35.1 Å². The van der Waals surface area contributed by atoms with Crippen molar-refractivity contribution in [3.63, 3.8) is 0 Å². The summed E-state index contributed by atoms with van der Waals surface area (Å²) in [7, 11) is 0. The van der Waals surface area contributed by atoms with E-state index in [1.54, 1.807) is 11.8 Å². The number of hydrogen-bond donors (Lipinski definition) is 1. The van der Waals surface area contributed by atoms with Crippen molar-refractivity contribution in [1.82, 2.24) is 14.7 Å². The van der Waals surface area contributed by atoms with Crippen LogP contribution in [0.5, 0.6) is 0 Å². The van der Waals surface area contributed by atoms with Crippen LogP contribution < -0.4 is 5.73 Å². The molecule has 2 N–H and O–H groups in total. The fourth-order valence-corrected chi connectivity index (χ4v) is 3.66. The highest BCUT2D eigenvalue weighted by atomic mass is 35.5. The monoisotopic (exact) mass is 418 g/mol. The van der Waals surface area contributed by atoms with Crippen LogP contribution in [0, 0.1) is 12.8 Å². The maximum atomic E-state index is 12.5. The molecule has 2 aromatic rings. The van der Waals surface area contributed by atoms with Gasteiger partial charge in [-0.15, -0.1) is 0 Å². The molecule has 1 fully saturated rings. The predicted octanol–water partition coefficient (Wildman–Crippen LogP) is 1.77. The molecule has 0 atom stereocenters. The molecule has 2 amide bonds. The second-order valence-corrected chi connectivity index (χ2v) is 7.39. The molecule has 0 radical (unpaired) electrons. The van der Waals surface area contributed by atoms with Gasteiger partial charge in [0.1, 0.15) is 10.7 Å². The summed E-state index contributed by atoms with van der Waals surface area (Å²) in [6, 6.07) is 9.60. The summed E-state index contributed by atoms with van der Waals surface area (Å²) in [6.07, 6.45) is 1.04. The molecule has 1 aromatic heterocycles. The van der Waals surface area contributed by atoms with E-state index in [1.807, 2.05) is 30.3 Å². The molecule has 0 bridgehead atoms. The van der Waals surface area contributed by atoms with Crippen LogP contribution in [-0.2, 0) is 20.9 Å². The number of halogens is 1. The Hall–Kier alpha value is -2.87. The van der Waals surface area contributed by atoms with Gasteiger partial charge in [-0.05, 0) is 25.3 Å². The molecule has 1 aliphatic heterocycles. The van der Waals surface area contributed by atoms with Crippen molar-refractivity contribution < 1.29 is 19.1 Å². The summed E-state index contributed by atoms with van der Waals surface area (Å²) in [6.45, 7) is 2.53. The number of piperidine rings is 1. The molecule has 0 spiro atoms. The second kappa shape index (κ2) is 9.09. The summed E-state index contributed by atoms with van der Waals surface area (Å²) < 4.78 is 6.71. The average molecular weight is 419 g/mol. The van der Waals surface area contributed by atoms with Crippen LogP contribution in [0.4, 0.5) is 0 Å². The van der Waals surface area contributed by atoms with Crippen molar-refractivity contribution in [1.29, 1.82) is 0 Å². The molecule has 0 unspecified atom stereocenters. The Bertz CT molecular complexity index is 905. The standard InChI is InChI=1S/C20H23ClN4O4/c1-13-17(18(21)25(23-13)11-14-5-3-2-4-6-14)20(28)29-12-16(26)24-9-7-15(8-10-24)19(22)27/h2-6,15H,7-12H2,1H3,(H2,22,27). The third-order valence-electron chi connectivity index (χ3n) is 5.02. The first-order valence-corrected chi connectivity index (χ1v) is 9.75. The van der Waals surface area contributed by atoms with Crippen molar-refractivity contribution in [3.05, 3.63) is 52.3 Å². The summed E-state index contributed by atoms with van der Waals surface area (Å²) in [5.74, 6) is -1.56. The van der Waals surface area contributed by atoms with E-state index in [1.165, 1.54) is 4.68 Å². The highest BCUT2D eigenvalue weighted by molar-refractivity contribution is 6.32. The van der Waals surface area contributed by atoms with E-state index < -0.39 is 5.97 Å². The Morgan fingerprint density at radius 3 is 2.48 bits per heavy atom. The maximum absolute atomic E-state index is 12.5. The topological polar surface area (TPSA) is 108 Å². The Balaban J connectivity index is 1.58. The van der Waals surface area contributed by atoms with Gasteiger partial charge < -0.3 is 15.4 Å². The number of aryl methyl sites for hydroxylation is 1. The molecule has 9 heteroatoms. The van der Waals surface area contributed by atoms with Gasteiger partial charge in [0.2, 0.25) is 5.91 Å². The first-order chi connectivity index (χ1) is 13.9. The van der Waals surface area contributed by atoms with Gasteiger partial charge in [-0.1, -0.05) is 41.9 Å². The van der Waals surface area contributed by atoms with E-state index in [4.69, 9.17) is 22.1 Å². The SMILES string of the molecule is Cc1nn(Cc2ccccc2)c(Cl)c1C(=O)OCC(=O)N1CCC(C(N)=O)CC1. The normalized spacial score (nSPS) is 14.6. The van der Waals surface area contributed by atoms with Crippen LogP contribution in [0.15, 0.2) is 30.3 Å². The number of ether oxygens (including phenoxy) is 1. The van der Waals surface area contributed by atoms with Gasteiger partial charge in [0.25, 0.3) is 5.91 Å². The number of nitrogens with zero attached hydrogens (tertiary/aromatic N) is 3. The number of rotatable bonds is 6. The van der Waals surface area contributed by atoms with Gasteiger partial charge >= 0.3 is 5.97 Å². The lowest BCUT2D eigenvalue weighted by atomic mass is 9.96. The van der Waals surface area contributed by atoms with Gasteiger partial charge in [0.05, 0.1) is 12.2 Å². The average Bonchev–Trinajstić information content (AvgIpc) is 2.99. The fourth-order valence-electron chi connectivity index (χ4n) is 3.35. The fraction of sp³-hybridized carbons (Fsp3) is 0.400. The van der Waals surface area contributed by atoms with Crippen LogP contribution in [0.1, 0.15) is 34.5 Å². The molecule has 29 heavy (non-hydrogen) atoms. The Morgan fingerprint density at radius 2 is 1.86 bits per heavy atom. The van der Waals surface area contributed by atoms with Gasteiger partial charge in [-0.2, -0.15) is 5.10 Å². The number of nitrogens with two attached hydrogens (primary N) is 1. The van der Waals surface area contributed by atoms with Crippen LogP contribution in [0.3, 0.4) is 0 Å². The number of amides is 2. The smallest absolute Gasteiger partial charge is 0.343 e. The number of benzene rings is 1. The number of hydrogen-bond acceptors (Lipinski definition) is 5. The number of carbonyl (C=O) groups is 3. The molecule has 1 saturated heterocycles. The minimum Gasteiger partial charge on any atom is -0.452 e. The molecule has 1 aromatic carbocycles. The molecule has 154 valence electrons. The highest BCUT2D eigenvalue weighted by Crippen LogP contribution is 2.22. The highest BCUT2D eigenvalue weighted by Gasteiger charge is 2.27. The molecular weight excluding hydrogens is 396 g/mol. The minimum atomic E-state index is -0.688. The molecule has 1 aliphatic rings. The molecule has 0 aliphatic carbocycles. The number of esters is 1. The van der Waals surface area contributed by atoms with Gasteiger partial charge in [-0.25, -0.2) is 9.48 Å². The van der Waals surface area contributed by atoms with E-state index in [2.05, 4.69) is 5.10 Å². The number of primary amides is 1. The summed E-state index contributed by atoms with van der Waals surface area (Å²) >= 11 is 6.34. The van der Waals surface area contributed by atoms with Gasteiger partial charge in [0, 0.05) is 19.0 Å². The lowest BCUT2D eigenvalue weighted by molar-refractivity contribution is -0.137. The van der Waals surface area contributed by atoms with E-state index >= 15 is 0 Å². The number of carbonyl (C=O) groups excluding carboxylic acids is 3. The van der Waals surface area contributed by atoms with Crippen molar-refractivity contribution >= 4 is 29.4 Å². The van der Waals surface area contributed by atoms with Gasteiger partial charge in [-0.3, -0.25) is 9.59 Å². The zero-order chi connectivity index (χ0) is 21.0. The van der Waals surface area contributed by atoms with E-state index in [0.717, 1.165) is 5.56 Å². The van der Waals surface area contributed by atoms with E-state index in [0.29, 0.717) is 38.2 Å². The quantitative estimate of drug-likeness (QED) is 0.719. The lowest BCUT2D eigenvalue weighted by Crippen LogP contribution is -2.43. The van der Waals surface area contributed by atoms with Crippen molar-refractivity contribution in [2.45, 2.75) is 26.3 Å². The third kappa shape index (κ3) is 4.95. The second-order valence-electron chi connectivity index (χ2n) is 7.03. The van der Waals surface area contributed by atoms with Crippen LogP contribution in [0.2, 0.25) is 5.15 Å². The Morgan fingerprint density at radius 1 is 1.21 bits per heavy atom. The van der Waals surface area contributed by atoms with Gasteiger partial charge in [0.15, 0.2) is 6.61 Å². The Labute approximate surface area is 173 Å². The number of likely N-dealkylation sites (tertiary alicyclic amines) is 1. The van der Waals surface area contributed by atoms with Crippen LogP contribution in [-0.4, -0.2) is 52.2 Å². The number of aromatic nitrogens is 2. The maximum Gasteiger partial charge on any atom is 0.343 e. The molecule has 0 saturated carbocycles. The third-order valence-corrected chi connectivity index (χ3v) is 5.41. The van der Waals surface area contributed by atoms with Crippen molar-refractivity contribution in [2.24, 2.45) is 11.7 Å². The first-order valence-electron chi connectivity index (χ1n) is 9.38. The zero-order valence-corrected chi connectivity index (χ0v) is 16.9. The first kappa shape index (κ1) is 20.9. The lowest BCUT2D eigenvalue weighted by Gasteiger charge is -2.30. The molecule has 2 heterocycles.